The van der Waals surface area contributed by atoms with Crippen molar-refractivity contribution in [2.24, 2.45) is 0 Å². The first kappa shape index (κ1) is 11.3. The van der Waals surface area contributed by atoms with Crippen LogP contribution in [-0.4, -0.2) is 18.7 Å². The van der Waals surface area contributed by atoms with E-state index < -0.39 is 6.10 Å². The Morgan fingerprint density at radius 1 is 1.50 bits per heavy atom. The average molecular weight is 214 g/mol. The summed E-state index contributed by atoms with van der Waals surface area (Å²) in [6.45, 7) is 4.68. The van der Waals surface area contributed by atoms with E-state index in [-0.39, 0.29) is 0 Å². The Hall–Kier alpha value is -0.730. The lowest BCUT2D eigenvalue weighted by Crippen LogP contribution is -2.18. The fraction of sp³-hybridized carbons (Fsp3) is 0.455. The Kier molecular flexibility index (Phi) is 3.78. The molecular weight excluding hydrogens is 198 g/mol. The Morgan fingerprint density at radius 2 is 2.14 bits per heavy atom. The largest absolute Gasteiger partial charge is 0.389 e. The molecule has 14 heavy (non-hydrogen) atoms. The molecule has 1 atom stereocenters. The van der Waals surface area contributed by atoms with Crippen molar-refractivity contribution < 1.29 is 5.11 Å². The zero-order valence-electron chi connectivity index (χ0n) is 8.79. The highest BCUT2D eigenvalue weighted by Crippen LogP contribution is 2.31. The van der Waals surface area contributed by atoms with Gasteiger partial charge < -0.3 is 10.0 Å². The van der Waals surface area contributed by atoms with Crippen LogP contribution >= 0.6 is 11.6 Å². The maximum Gasteiger partial charge on any atom is 0.0796 e. The monoisotopic (exact) mass is 213 g/mol. The fourth-order valence-electron chi connectivity index (χ4n) is 1.44. The third-order valence-corrected chi connectivity index (χ3v) is 2.66. The lowest BCUT2D eigenvalue weighted by Gasteiger charge is -2.22. The van der Waals surface area contributed by atoms with Gasteiger partial charge in [-0.25, -0.2) is 0 Å². The molecule has 0 aliphatic carbocycles. The molecule has 0 bridgehead atoms. The quantitative estimate of drug-likeness (QED) is 0.835. The van der Waals surface area contributed by atoms with Crippen LogP contribution in [0, 0.1) is 0 Å². The highest BCUT2D eigenvalue weighted by Gasteiger charge is 2.13. The van der Waals surface area contributed by atoms with Crippen LogP contribution in [0.2, 0.25) is 5.02 Å². The van der Waals surface area contributed by atoms with Gasteiger partial charge in [0.15, 0.2) is 0 Å². The summed E-state index contributed by atoms with van der Waals surface area (Å²) in [5.74, 6) is 0. The van der Waals surface area contributed by atoms with Gasteiger partial charge in [0, 0.05) is 29.9 Å². The minimum absolute atomic E-state index is 0.535. The molecule has 1 rings (SSSR count). The van der Waals surface area contributed by atoms with Gasteiger partial charge in [-0.1, -0.05) is 17.7 Å². The maximum absolute atomic E-state index is 9.62. The molecule has 0 unspecified atom stereocenters. The first-order valence-corrected chi connectivity index (χ1v) is 5.13. The van der Waals surface area contributed by atoms with Crippen molar-refractivity contribution in [3.63, 3.8) is 0 Å². The van der Waals surface area contributed by atoms with Crippen LogP contribution in [0.5, 0.6) is 0 Å². The Bertz CT molecular complexity index is 312. The maximum atomic E-state index is 9.62. The van der Waals surface area contributed by atoms with Crippen molar-refractivity contribution in [2.45, 2.75) is 20.0 Å². The van der Waals surface area contributed by atoms with Crippen LogP contribution < -0.4 is 4.90 Å². The molecule has 0 saturated carbocycles. The molecule has 1 N–H and O–H groups in total. The second kappa shape index (κ2) is 4.67. The number of aliphatic hydroxyl groups excluding tert-OH is 1. The van der Waals surface area contributed by atoms with Gasteiger partial charge in [0.1, 0.15) is 0 Å². The molecule has 0 radical (unpaired) electrons. The summed E-state index contributed by atoms with van der Waals surface area (Å²) in [4.78, 5) is 2.06. The summed E-state index contributed by atoms with van der Waals surface area (Å²) in [7, 11) is 1.98. The third kappa shape index (κ3) is 2.20. The standard InChI is InChI=1S/C11H16ClNO/c1-4-13(3)10-7-5-6-9(12)11(10)8(2)14/h5-8,14H,4H2,1-3H3/t8-/m0/s1. The zero-order chi connectivity index (χ0) is 10.7. The van der Waals surface area contributed by atoms with Crippen molar-refractivity contribution in [3.8, 4) is 0 Å². The zero-order valence-corrected chi connectivity index (χ0v) is 9.54. The lowest BCUT2D eigenvalue weighted by molar-refractivity contribution is 0.200. The fourth-order valence-corrected chi connectivity index (χ4v) is 1.77. The topological polar surface area (TPSA) is 23.5 Å². The van der Waals surface area contributed by atoms with E-state index in [1.54, 1.807) is 13.0 Å². The van der Waals surface area contributed by atoms with E-state index in [0.29, 0.717) is 5.02 Å². The van der Waals surface area contributed by atoms with E-state index in [1.165, 1.54) is 0 Å². The summed E-state index contributed by atoms with van der Waals surface area (Å²) in [6, 6.07) is 5.67. The van der Waals surface area contributed by atoms with Crippen LogP contribution in [0.3, 0.4) is 0 Å². The number of rotatable bonds is 3. The van der Waals surface area contributed by atoms with Gasteiger partial charge >= 0.3 is 0 Å². The lowest BCUT2D eigenvalue weighted by atomic mass is 10.1. The third-order valence-electron chi connectivity index (χ3n) is 2.33. The average Bonchev–Trinajstić information content (AvgIpc) is 2.15. The predicted octanol–water partition coefficient (Wildman–Crippen LogP) is 2.85. The molecule has 1 aromatic carbocycles. The normalized spacial score (nSPS) is 12.6. The van der Waals surface area contributed by atoms with Crippen molar-refractivity contribution in [2.75, 3.05) is 18.5 Å². The van der Waals surface area contributed by atoms with E-state index in [2.05, 4.69) is 11.8 Å². The molecular formula is C11H16ClNO. The van der Waals surface area contributed by atoms with E-state index in [1.807, 2.05) is 19.2 Å². The smallest absolute Gasteiger partial charge is 0.0796 e. The Labute approximate surface area is 90.1 Å². The first-order valence-electron chi connectivity index (χ1n) is 4.75. The second-order valence-corrected chi connectivity index (χ2v) is 3.77. The van der Waals surface area contributed by atoms with Crippen molar-refractivity contribution >= 4 is 17.3 Å². The summed E-state index contributed by atoms with van der Waals surface area (Å²) in [6.07, 6.45) is -0.535. The van der Waals surface area contributed by atoms with Gasteiger partial charge in [-0.15, -0.1) is 0 Å². The highest BCUT2D eigenvalue weighted by atomic mass is 35.5. The molecule has 0 aromatic heterocycles. The van der Waals surface area contributed by atoms with Crippen molar-refractivity contribution in [1.29, 1.82) is 0 Å². The minimum atomic E-state index is -0.535. The summed E-state index contributed by atoms with van der Waals surface area (Å²) in [5.41, 5.74) is 1.80. The van der Waals surface area contributed by atoms with Gasteiger partial charge in [-0.3, -0.25) is 0 Å². The van der Waals surface area contributed by atoms with Gasteiger partial charge in [-0.2, -0.15) is 0 Å². The van der Waals surface area contributed by atoms with Crippen LogP contribution in [-0.2, 0) is 0 Å². The molecule has 0 spiro atoms. The molecule has 78 valence electrons. The van der Waals surface area contributed by atoms with E-state index >= 15 is 0 Å². The molecule has 2 nitrogen and oxygen atoms in total. The number of halogens is 1. The summed E-state index contributed by atoms with van der Waals surface area (Å²) in [5, 5.41) is 10.2. The van der Waals surface area contributed by atoms with E-state index in [4.69, 9.17) is 11.6 Å². The van der Waals surface area contributed by atoms with E-state index in [9.17, 15) is 5.11 Å². The van der Waals surface area contributed by atoms with Crippen LogP contribution in [0.25, 0.3) is 0 Å². The highest BCUT2D eigenvalue weighted by molar-refractivity contribution is 6.31. The van der Waals surface area contributed by atoms with Crippen LogP contribution in [0.1, 0.15) is 25.5 Å². The minimum Gasteiger partial charge on any atom is -0.389 e. The molecule has 0 heterocycles. The number of hydrogen-bond donors (Lipinski definition) is 1. The molecule has 1 aromatic rings. The SMILES string of the molecule is CCN(C)c1cccc(Cl)c1[C@H](C)O. The number of hydrogen-bond acceptors (Lipinski definition) is 2. The molecule has 0 saturated heterocycles. The van der Waals surface area contributed by atoms with Crippen molar-refractivity contribution in [3.05, 3.63) is 28.8 Å². The summed E-state index contributed by atoms with van der Waals surface area (Å²) < 4.78 is 0. The van der Waals surface area contributed by atoms with Crippen LogP contribution in [0.4, 0.5) is 5.69 Å². The Morgan fingerprint density at radius 3 is 2.64 bits per heavy atom. The number of nitrogens with zero attached hydrogens (tertiary/aromatic N) is 1. The second-order valence-electron chi connectivity index (χ2n) is 3.36. The molecule has 0 amide bonds. The molecule has 3 heteroatoms. The summed E-state index contributed by atoms with van der Waals surface area (Å²) >= 11 is 6.04. The molecule has 0 aliphatic heterocycles. The van der Waals surface area contributed by atoms with Gasteiger partial charge in [0.2, 0.25) is 0 Å². The van der Waals surface area contributed by atoms with Gasteiger partial charge in [0.25, 0.3) is 0 Å². The number of anilines is 1. The number of benzene rings is 1. The van der Waals surface area contributed by atoms with E-state index in [0.717, 1.165) is 17.8 Å². The molecule has 0 aliphatic rings. The van der Waals surface area contributed by atoms with Crippen LogP contribution in [0.15, 0.2) is 18.2 Å². The van der Waals surface area contributed by atoms with Crippen molar-refractivity contribution in [1.82, 2.24) is 0 Å². The predicted molar refractivity (Wildman–Crippen MR) is 61.0 cm³/mol. The first-order chi connectivity index (χ1) is 6.57. The van der Waals surface area contributed by atoms with Gasteiger partial charge in [0.05, 0.1) is 6.10 Å². The number of aliphatic hydroxyl groups is 1. The Balaban J connectivity index is 3.21. The molecule has 0 fully saturated rings. The van der Waals surface area contributed by atoms with Gasteiger partial charge in [-0.05, 0) is 26.0 Å².